The van der Waals surface area contributed by atoms with Crippen LogP contribution >= 0.6 is 11.8 Å². The normalized spacial score (nSPS) is 11.6. The Kier molecular flexibility index (Phi) is 7.29. The molecule has 6 nitrogen and oxygen atoms in total. The minimum absolute atomic E-state index is 0.104. The van der Waals surface area contributed by atoms with Gasteiger partial charge in [-0.05, 0) is 50.0 Å². The van der Waals surface area contributed by atoms with Crippen LogP contribution in [0.1, 0.15) is 15.9 Å². The van der Waals surface area contributed by atoms with E-state index in [4.69, 9.17) is 9.84 Å². The van der Waals surface area contributed by atoms with E-state index in [0.717, 1.165) is 35.9 Å². The molecule has 146 valence electrons. The Balaban J connectivity index is 2.11. The van der Waals surface area contributed by atoms with Crippen molar-refractivity contribution in [2.45, 2.75) is 10.6 Å². The molecule has 0 radical (unpaired) electrons. The standard InChI is InChI=1S/C19H23NO5S2/c1-20(2)10-11-26-13-14-4-7-16(8-5-14)25-17-9-6-15(19(21)22)12-18(17)27(3,23)24/h4-9,12H,10-11,13H2,1-3H3,(H,21,22). The molecule has 1 N–H and O–H groups in total. The Morgan fingerprint density at radius 1 is 1.15 bits per heavy atom. The lowest BCUT2D eigenvalue weighted by molar-refractivity contribution is 0.0696. The first-order chi connectivity index (χ1) is 12.7. The zero-order chi connectivity index (χ0) is 20.0. The average molecular weight is 410 g/mol. The molecule has 0 aliphatic heterocycles. The number of ether oxygens (including phenoxy) is 1. The molecule has 0 heterocycles. The molecule has 27 heavy (non-hydrogen) atoms. The number of rotatable bonds is 9. The highest BCUT2D eigenvalue weighted by molar-refractivity contribution is 7.98. The Hall–Kier alpha value is -2.03. The van der Waals surface area contributed by atoms with Crippen molar-refractivity contribution in [1.82, 2.24) is 4.90 Å². The van der Waals surface area contributed by atoms with Gasteiger partial charge >= 0.3 is 5.97 Å². The quantitative estimate of drug-likeness (QED) is 0.636. The highest BCUT2D eigenvalue weighted by atomic mass is 32.2. The third kappa shape index (κ3) is 6.57. The van der Waals surface area contributed by atoms with Gasteiger partial charge in [-0.25, -0.2) is 13.2 Å². The molecule has 8 heteroatoms. The predicted molar refractivity (Wildman–Crippen MR) is 108 cm³/mol. The van der Waals surface area contributed by atoms with Crippen molar-refractivity contribution in [3.63, 3.8) is 0 Å². The van der Waals surface area contributed by atoms with Crippen LogP contribution in [0.4, 0.5) is 0 Å². The number of nitrogens with zero attached hydrogens (tertiary/aromatic N) is 1. The molecule has 0 amide bonds. The monoisotopic (exact) mass is 409 g/mol. The fraction of sp³-hybridized carbons (Fsp3) is 0.316. The summed E-state index contributed by atoms with van der Waals surface area (Å²) in [7, 11) is 0.449. The zero-order valence-electron chi connectivity index (χ0n) is 15.5. The first-order valence-corrected chi connectivity index (χ1v) is 11.3. The van der Waals surface area contributed by atoms with E-state index in [1.165, 1.54) is 12.1 Å². The summed E-state index contributed by atoms with van der Waals surface area (Å²) in [6.07, 6.45) is 1.02. The maximum absolute atomic E-state index is 12.0. The number of thioether (sulfide) groups is 1. The van der Waals surface area contributed by atoms with Gasteiger partial charge in [-0.15, -0.1) is 0 Å². The van der Waals surface area contributed by atoms with Crippen LogP contribution in [-0.2, 0) is 15.6 Å². The molecule has 0 spiro atoms. The summed E-state index contributed by atoms with van der Waals surface area (Å²) in [5.41, 5.74) is 1.04. The number of sulfone groups is 1. The van der Waals surface area contributed by atoms with Crippen molar-refractivity contribution >= 4 is 27.6 Å². The number of hydrogen-bond donors (Lipinski definition) is 1. The third-order valence-electron chi connectivity index (χ3n) is 3.69. The number of carboxylic acids is 1. The van der Waals surface area contributed by atoms with E-state index in [-0.39, 0.29) is 16.2 Å². The van der Waals surface area contributed by atoms with Crippen LogP contribution in [0.15, 0.2) is 47.4 Å². The maximum Gasteiger partial charge on any atom is 0.335 e. The Bertz CT molecular complexity index is 893. The number of hydrogen-bond acceptors (Lipinski definition) is 6. The minimum Gasteiger partial charge on any atom is -0.478 e. The molecule has 0 atom stereocenters. The second kappa shape index (κ2) is 9.25. The molecule has 0 unspecified atom stereocenters. The summed E-state index contributed by atoms with van der Waals surface area (Å²) in [5, 5.41) is 9.06. The minimum atomic E-state index is -3.64. The van der Waals surface area contributed by atoms with Crippen LogP contribution in [0.2, 0.25) is 0 Å². The van der Waals surface area contributed by atoms with E-state index >= 15 is 0 Å². The molecule has 2 rings (SSSR count). The van der Waals surface area contributed by atoms with Crippen molar-refractivity contribution in [2.24, 2.45) is 0 Å². The van der Waals surface area contributed by atoms with E-state index in [2.05, 4.69) is 4.90 Å². The van der Waals surface area contributed by atoms with Gasteiger partial charge in [0.1, 0.15) is 16.4 Å². The smallest absolute Gasteiger partial charge is 0.335 e. The molecule has 2 aromatic rings. The van der Waals surface area contributed by atoms with Gasteiger partial charge in [-0.3, -0.25) is 0 Å². The molecule has 0 saturated heterocycles. The van der Waals surface area contributed by atoms with E-state index in [0.29, 0.717) is 5.75 Å². The Labute approximate surface area is 164 Å². The van der Waals surface area contributed by atoms with Gasteiger partial charge in [-0.1, -0.05) is 12.1 Å². The Morgan fingerprint density at radius 2 is 1.81 bits per heavy atom. The lowest BCUT2D eigenvalue weighted by Gasteiger charge is -2.12. The molecule has 0 aliphatic carbocycles. The zero-order valence-corrected chi connectivity index (χ0v) is 17.1. The summed E-state index contributed by atoms with van der Waals surface area (Å²) in [5.74, 6) is 1.33. The van der Waals surface area contributed by atoms with Gasteiger partial charge in [0.15, 0.2) is 9.84 Å². The van der Waals surface area contributed by atoms with Crippen LogP contribution in [0.25, 0.3) is 0 Å². The SMILES string of the molecule is CN(C)CCSCc1ccc(Oc2ccc(C(=O)O)cc2S(C)(=O)=O)cc1. The first kappa shape index (κ1) is 21.3. The van der Waals surface area contributed by atoms with Gasteiger partial charge < -0.3 is 14.7 Å². The number of aromatic carboxylic acids is 1. The molecular formula is C19H23NO5S2. The van der Waals surface area contributed by atoms with E-state index in [9.17, 15) is 13.2 Å². The van der Waals surface area contributed by atoms with Crippen molar-refractivity contribution in [3.8, 4) is 11.5 Å². The van der Waals surface area contributed by atoms with Crippen molar-refractivity contribution in [2.75, 3.05) is 32.6 Å². The summed E-state index contributed by atoms with van der Waals surface area (Å²) in [6.45, 7) is 1.02. The van der Waals surface area contributed by atoms with Crippen LogP contribution in [0, 0.1) is 0 Å². The second-order valence-electron chi connectivity index (χ2n) is 6.34. The van der Waals surface area contributed by atoms with Crippen LogP contribution in [0.5, 0.6) is 11.5 Å². The van der Waals surface area contributed by atoms with E-state index < -0.39 is 15.8 Å². The second-order valence-corrected chi connectivity index (χ2v) is 9.43. The summed E-state index contributed by atoms with van der Waals surface area (Å²) in [4.78, 5) is 13.1. The van der Waals surface area contributed by atoms with Crippen molar-refractivity contribution < 1.29 is 23.1 Å². The number of carbonyl (C=O) groups is 1. The number of benzene rings is 2. The molecule has 0 saturated carbocycles. The summed E-state index contributed by atoms with van der Waals surface area (Å²) in [6, 6.07) is 11.2. The van der Waals surface area contributed by atoms with Crippen LogP contribution < -0.4 is 4.74 Å². The third-order valence-corrected chi connectivity index (χ3v) is 5.82. The Morgan fingerprint density at radius 3 is 2.37 bits per heavy atom. The van der Waals surface area contributed by atoms with Crippen LogP contribution in [-0.4, -0.2) is 57.0 Å². The average Bonchev–Trinajstić information content (AvgIpc) is 2.59. The van der Waals surface area contributed by atoms with Crippen molar-refractivity contribution in [1.29, 1.82) is 0 Å². The van der Waals surface area contributed by atoms with Gasteiger partial charge in [0.2, 0.25) is 0 Å². The lowest BCUT2D eigenvalue weighted by atomic mass is 10.2. The van der Waals surface area contributed by atoms with Gasteiger partial charge in [0.05, 0.1) is 5.56 Å². The largest absolute Gasteiger partial charge is 0.478 e. The maximum atomic E-state index is 12.0. The topological polar surface area (TPSA) is 83.9 Å². The highest BCUT2D eigenvalue weighted by Crippen LogP contribution is 2.30. The highest BCUT2D eigenvalue weighted by Gasteiger charge is 2.18. The summed E-state index contributed by atoms with van der Waals surface area (Å²) < 4.78 is 29.7. The molecule has 0 aromatic heterocycles. The van der Waals surface area contributed by atoms with Gasteiger partial charge in [-0.2, -0.15) is 11.8 Å². The van der Waals surface area contributed by atoms with Crippen LogP contribution in [0.3, 0.4) is 0 Å². The van der Waals surface area contributed by atoms with E-state index in [1.807, 2.05) is 38.0 Å². The predicted octanol–water partition coefficient (Wildman–Crippen LogP) is 3.38. The molecule has 0 fully saturated rings. The fourth-order valence-corrected chi connectivity index (χ4v) is 4.12. The van der Waals surface area contributed by atoms with Gasteiger partial charge in [0.25, 0.3) is 0 Å². The summed E-state index contributed by atoms with van der Waals surface area (Å²) >= 11 is 1.84. The van der Waals surface area contributed by atoms with E-state index in [1.54, 1.807) is 12.1 Å². The van der Waals surface area contributed by atoms with Gasteiger partial charge in [0, 0.05) is 24.3 Å². The molecular weight excluding hydrogens is 386 g/mol. The number of carboxylic acid groups (broad SMARTS) is 1. The molecule has 0 bridgehead atoms. The first-order valence-electron chi connectivity index (χ1n) is 8.23. The fourth-order valence-electron chi connectivity index (χ4n) is 2.23. The lowest BCUT2D eigenvalue weighted by Crippen LogP contribution is -2.14. The molecule has 2 aromatic carbocycles. The van der Waals surface area contributed by atoms with Crippen molar-refractivity contribution in [3.05, 3.63) is 53.6 Å². The molecule has 0 aliphatic rings.